The Morgan fingerprint density at radius 1 is 1.08 bits per heavy atom. The molecule has 0 unspecified atom stereocenters. The summed E-state index contributed by atoms with van der Waals surface area (Å²) in [4.78, 5) is 8.56. The number of aromatic nitrogens is 2. The number of fused-ring (bicyclic) bond motifs is 1. The molecule has 0 radical (unpaired) electrons. The standard InChI is InChI=1S/C40H53N4O6/c1-3-26-6-7-27-8-9-28(20-37(49)40(27)36(48)13-11-33(17-26)44-23-25(2)46)29-10-12-35(47)38(21-29)50-34(24-45)19-31(18-32-5-4-15-42-32)30-14-16-43-39(41)22-30/h4-5,8-10,12,14-16,21-22,25-28,31,33-34,36-37,40,44-49H,3,11,13,17-20,23-24H2,1-2H3,(H2,41,43)/q-1/t25-,26-,27-,28-,31-,33+,34-,36-,37+,40+/m0/s1. The smallest absolute Gasteiger partial charge is 0.161 e. The Bertz CT molecular complexity index is 1580. The van der Waals surface area contributed by atoms with E-state index in [1.54, 1.807) is 31.5 Å². The molecular weight excluding hydrogens is 632 g/mol. The molecule has 0 saturated carbocycles. The van der Waals surface area contributed by atoms with Crippen molar-refractivity contribution in [2.24, 2.45) is 17.8 Å². The predicted octanol–water partition coefficient (Wildman–Crippen LogP) is 4.03. The molecule has 5 rings (SSSR count). The minimum atomic E-state index is -0.825. The van der Waals surface area contributed by atoms with Gasteiger partial charge < -0.3 is 46.3 Å². The molecule has 0 spiro atoms. The van der Waals surface area contributed by atoms with Gasteiger partial charge in [-0.15, -0.1) is 0 Å². The van der Waals surface area contributed by atoms with Crippen LogP contribution in [0, 0.1) is 29.6 Å². The van der Waals surface area contributed by atoms with Gasteiger partial charge in [-0.05, 0) is 93.2 Å². The lowest BCUT2D eigenvalue weighted by atomic mass is 9.78. The van der Waals surface area contributed by atoms with Gasteiger partial charge in [0.1, 0.15) is 11.9 Å². The van der Waals surface area contributed by atoms with Gasteiger partial charge in [-0.25, -0.2) is 4.98 Å². The highest BCUT2D eigenvalue weighted by atomic mass is 16.5. The van der Waals surface area contributed by atoms with Crippen LogP contribution in [0.3, 0.4) is 0 Å². The molecule has 10 atom stereocenters. The number of hydrogen-bond acceptors (Lipinski definition) is 9. The fourth-order valence-corrected chi connectivity index (χ4v) is 7.37. The third-order valence-electron chi connectivity index (χ3n) is 10.2. The molecule has 0 fully saturated rings. The van der Waals surface area contributed by atoms with E-state index in [4.69, 9.17) is 10.5 Å². The second kappa shape index (κ2) is 17.9. The van der Waals surface area contributed by atoms with Crippen molar-refractivity contribution in [1.82, 2.24) is 15.3 Å². The van der Waals surface area contributed by atoms with Crippen molar-refractivity contribution in [1.29, 1.82) is 0 Å². The predicted molar refractivity (Wildman–Crippen MR) is 193 cm³/mol. The van der Waals surface area contributed by atoms with Crippen LogP contribution in [-0.2, 0) is 6.42 Å². The third-order valence-corrected chi connectivity index (χ3v) is 10.2. The van der Waals surface area contributed by atoms with Gasteiger partial charge in [0.05, 0.1) is 24.9 Å². The van der Waals surface area contributed by atoms with Crippen LogP contribution in [0.5, 0.6) is 11.5 Å². The number of pyridine rings is 1. The average molecular weight is 686 g/mol. The summed E-state index contributed by atoms with van der Waals surface area (Å²) in [6, 6.07) is 12.9. The van der Waals surface area contributed by atoms with Crippen molar-refractivity contribution in [2.75, 3.05) is 18.9 Å². The maximum Gasteiger partial charge on any atom is 0.161 e. The lowest BCUT2D eigenvalue weighted by molar-refractivity contribution is -0.00825. The maximum absolute atomic E-state index is 11.6. The van der Waals surface area contributed by atoms with Gasteiger partial charge in [0.2, 0.25) is 0 Å². The highest BCUT2D eigenvalue weighted by Crippen LogP contribution is 2.39. The zero-order chi connectivity index (χ0) is 35.6. The fourth-order valence-electron chi connectivity index (χ4n) is 7.37. The van der Waals surface area contributed by atoms with Crippen LogP contribution in [0.25, 0.3) is 0 Å². The van der Waals surface area contributed by atoms with E-state index in [1.165, 1.54) is 0 Å². The van der Waals surface area contributed by atoms with E-state index >= 15 is 0 Å². The lowest BCUT2D eigenvalue weighted by Gasteiger charge is -2.32. The summed E-state index contributed by atoms with van der Waals surface area (Å²) in [5.41, 5.74) is 8.71. The van der Waals surface area contributed by atoms with Crippen LogP contribution < -0.4 is 20.8 Å². The summed E-state index contributed by atoms with van der Waals surface area (Å²) < 4.78 is 6.29. The molecule has 0 aliphatic heterocycles. The molecule has 2 aliphatic carbocycles. The number of aliphatic hydroxyl groups excluding tert-OH is 4. The number of aliphatic hydroxyl groups is 4. The van der Waals surface area contributed by atoms with Gasteiger partial charge in [-0.2, -0.15) is 11.9 Å². The average Bonchev–Trinajstić information content (AvgIpc) is 3.55. The van der Waals surface area contributed by atoms with E-state index in [1.807, 2.05) is 42.5 Å². The summed E-state index contributed by atoms with van der Waals surface area (Å²) in [5.74, 6) is 6.56. The molecule has 270 valence electrons. The molecule has 8 N–H and O–H groups in total. The first-order valence-corrected chi connectivity index (χ1v) is 18.0. The van der Waals surface area contributed by atoms with Crippen molar-refractivity contribution in [3.05, 3.63) is 83.8 Å². The second-order valence-corrected chi connectivity index (χ2v) is 14.1. The van der Waals surface area contributed by atoms with Gasteiger partial charge in [0.15, 0.2) is 11.5 Å². The molecule has 2 heterocycles. The van der Waals surface area contributed by atoms with E-state index in [0.717, 1.165) is 36.1 Å². The number of aromatic hydroxyl groups is 1. The Morgan fingerprint density at radius 2 is 1.92 bits per heavy atom. The van der Waals surface area contributed by atoms with Crippen LogP contribution in [0.2, 0.25) is 0 Å². The van der Waals surface area contributed by atoms with Gasteiger partial charge in [0, 0.05) is 42.5 Å². The minimum Gasteiger partial charge on any atom is -0.668 e. The zero-order valence-electron chi connectivity index (χ0n) is 29.1. The number of phenols is 1. The van der Waals surface area contributed by atoms with Gasteiger partial charge in [-0.3, -0.25) is 0 Å². The largest absolute Gasteiger partial charge is 0.668 e. The minimum absolute atomic E-state index is 0.0486. The molecule has 0 saturated heterocycles. The van der Waals surface area contributed by atoms with Crippen LogP contribution >= 0.6 is 0 Å². The highest BCUT2D eigenvalue weighted by molar-refractivity contribution is 5.44. The topological polar surface area (TPSA) is 175 Å². The number of allylic oxidation sites excluding steroid dienone is 2. The van der Waals surface area contributed by atoms with Crippen molar-refractivity contribution >= 4 is 5.82 Å². The molecule has 10 heteroatoms. The Kier molecular flexibility index (Phi) is 13.4. The molecule has 1 aromatic carbocycles. The first kappa shape index (κ1) is 37.4. The molecule has 0 amide bonds. The monoisotopic (exact) mass is 685 g/mol. The van der Waals surface area contributed by atoms with E-state index in [9.17, 15) is 25.5 Å². The highest BCUT2D eigenvalue weighted by Gasteiger charge is 2.37. The second-order valence-electron chi connectivity index (χ2n) is 14.1. The number of nitrogens with two attached hydrogens (primary N) is 1. The van der Waals surface area contributed by atoms with E-state index in [2.05, 4.69) is 34.0 Å². The summed E-state index contributed by atoms with van der Waals surface area (Å²) in [6.07, 6.45) is 9.18. The zero-order valence-corrected chi connectivity index (χ0v) is 29.1. The summed E-state index contributed by atoms with van der Waals surface area (Å²) in [5, 5.41) is 57.6. The number of nitrogens with zero attached hydrogens (tertiary/aromatic N) is 2. The third kappa shape index (κ3) is 10.1. The van der Waals surface area contributed by atoms with Gasteiger partial charge >= 0.3 is 0 Å². The molecular formula is C40H53N4O6-. The number of hydrogen-bond donors (Lipinski definition) is 7. The first-order valence-electron chi connectivity index (χ1n) is 18.0. The normalized spacial score (nSPS) is 27.2. The summed E-state index contributed by atoms with van der Waals surface area (Å²) in [7, 11) is 0. The Hall–Kier alpha value is -3.85. The molecule has 50 heavy (non-hydrogen) atoms. The molecule has 10 nitrogen and oxygen atoms in total. The first-order chi connectivity index (χ1) is 24.1. The van der Waals surface area contributed by atoms with Gasteiger partial charge in [0.25, 0.3) is 0 Å². The maximum atomic E-state index is 11.6. The molecule has 0 bridgehead atoms. The molecule has 2 aliphatic rings. The number of ether oxygens (including phenoxy) is 1. The SMILES string of the molecule is CC[C@H]1C#C[C@H]2C=C[C@H](c3ccc(O)c(O[C@H](CO)C[C@H](Cc4ccc[n-]4)c4ccnc(N)c4)c3)C[C@@H](O)[C@H]2[C@@H](O)CC[C@@H](NC[C@H](C)O)C1. The van der Waals surface area contributed by atoms with Crippen molar-refractivity contribution in [3.63, 3.8) is 0 Å². The quantitative estimate of drug-likeness (QED) is 0.103. The molecule has 2 aromatic heterocycles. The van der Waals surface area contributed by atoms with E-state index in [0.29, 0.717) is 38.0 Å². The van der Waals surface area contributed by atoms with E-state index in [-0.39, 0.29) is 47.8 Å². The number of nitrogen functional groups attached to an aromatic ring is 1. The Morgan fingerprint density at radius 3 is 2.64 bits per heavy atom. The van der Waals surface area contributed by atoms with Crippen molar-refractivity contribution in [3.8, 4) is 23.3 Å². The number of phenolic OH excluding ortho intramolecular Hbond substituents is 1. The van der Waals surface area contributed by atoms with Crippen molar-refractivity contribution < 1.29 is 30.3 Å². The van der Waals surface area contributed by atoms with Crippen LogP contribution in [-0.4, -0.2) is 74.1 Å². The number of benzene rings is 1. The van der Waals surface area contributed by atoms with Crippen LogP contribution in [0.1, 0.15) is 81.0 Å². The van der Waals surface area contributed by atoms with E-state index < -0.39 is 30.3 Å². The summed E-state index contributed by atoms with van der Waals surface area (Å²) >= 11 is 0. The fraction of sp³-hybridized carbons (Fsp3) is 0.525. The number of anilines is 1. The Labute approximate surface area is 295 Å². The molecule has 3 aromatic rings. The van der Waals surface area contributed by atoms with Crippen molar-refractivity contribution in [2.45, 2.75) is 101 Å². The summed E-state index contributed by atoms with van der Waals surface area (Å²) in [6.45, 7) is 4.08. The number of rotatable bonds is 13. The Balaban J connectivity index is 1.34. The van der Waals surface area contributed by atoms with Gasteiger partial charge in [-0.1, -0.05) is 49.1 Å². The number of nitrogens with one attached hydrogen (secondary N) is 1. The van der Waals surface area contributed by atoms with Crippen LogP contribution in [0.15, 0.2) is 67.0 Å². The van der Waals surface area contributed by atoms with Crippen LogP contribution in [0.4, 0.5) is 5.82 Å². The lowest BCUT2D eigenvalue weighted by Crippen LogP contribution is -2.40.